The minimum Gasteiger partial charge on any atom is -0.476 e. The first kappa shape index (κ1) is 119. The molecule has 2 atom stereocenters. The molecule has 38 heteroatoms. The lowest BCUT2D eigenvalue weighted by atomic mass is 10.0. The summed E-state index contributed by atoms with van der Waals surface area (Å²) in [6, 6.07) is 50.0. The van der Waals surface area contributed by atoms with Crippen molar-refractivity contribution < 1.29 is 67.6 Å². The number of aryl methyl sites for hydroxylation is 16. The first-order valence-corrected chi connectivity index (χ1v) is 55.3. The number of thiol groups is 1. The lowest BCUT2D eigenvalue weighted by molar-refractivity contribution is -0.145. The number of fused-ring (bicyclic) bond motifs is 9. The number of nitrogens with two attached hydrogens (primary N) is 1. The summed E-state index contributed by atoms with van der Waals surface area (Å²) < 4.78 is 52.2. The highest BCUT2D eigenvalue weighted by Crippen LogP contribution is 2.39. The number of rotatable bonds is 20. The van der Waals surface area contributed by atoms with Crippen LogP contribution in [-0.2, 0) is 56.7 Å². The molecule has 9 heterocycles. The van der Waals surface area contributed by atoms with Gasteiger partial charge >= 0.3 is 45.7 Å². The predicted molar refractivity (Wildman–Crippen MR) is 614 cm³/mol. The zero-order valence-electron chi connectivity index (χ0n) is 86.5. The van der Waals surface area contributed by atoms with Crippen molar-refractivity contribution in [2.24, 2.45) is 5.73 Å². The molecule has 0 bridgehead atoms. The van der Waals surface area contributed by atoms with Crippen LogP contribution in [0.3, 0.4) is 0 Å². The Morgan fingerprint density at radius 1 is 0.450 bits per heavy atom. The van der Waals surface area contributed by atoms with Crippen LogP contribution in [0.4, 0.5) is 0 Å². The number of aromatic carboxylic acids is 1. The van der Waals surface area contributed by atoms with E-state index in [9.17, 15) is 52.7 Å². The zero-order valence-corrected chi connectivity index (χ0v) is 96.2. The second-order valence-corrected chi connectivity index (χ2v) is 43.3. The van der Waals surface area contributed by atoms with E-state index < -0.39 is 22.4 Å². The van der Waals surface area contributed by atoms with Crippen LogP contribution in [0.5, 0.6) is 0 Å². The highest BCUT2D eigenvalue weighted by Gasteiger charge is 2.32. The number of carboxylic acids is 1. The minimum absolute atomic E-state index is 0.0316. The van der Waals surface area contributed by atoms with Crippen molar-refractivity contribution in [1.82, 2.24) is 44.9 Å². The third-order valence-electron chi connectivity index (χ3n) is 23.4. The highest BCUT2D eigenvalue weighted by molar-refractivity contribution is 9.08. The molecule has 0 saturated heterocycles. The maximum Gasteiger partial charge on any atom is 0.358 e. The molecule has 10 aromatic carbocycles. The number of para-hydroxylation sites is 4. The number of imidazole rings is 2. The Labute approximate surface area is 915 Å². The Balaban J connectivity index is 0.000000174. The Morgan fingerprint density at radius 3 is 1.23 bits per heavy atom. The summed E-state index contributed by atoms with van der Waals surface area (Å²) in [5.74, 6) is -2.66. The number of aromatic amines is 1. The number of H-pyrrole nitrogens is 1. The van der Waals surface area contributed by atoms with Crippen molar-refractivity contribution in [3.8, 4) is 0 Å². The number of alkyl halides is 1. The standard InChI is InChI=1S/C25H29N3O3S.C15H20N2O3.C11H11NO2S.C10H10BrNS.C10H10N2OS.C10H9NO2S.C10H11NOS.C10H8O2S.C8H10S.C2Cl2O2/c1-5-9-18(14-23(29)31-6-2)28-21-11-8-7-10-20(21)27(25(28)30)15-19-24-17(4)12-16(3)13-22(24)32-26-19;1-3-7-11(10-14(18)20-4-2)17-13-9-6-5-8-12(13)16-15(17)19;1-6-4-7(2)9-8(5-6)15-12-10(9)11(13)14-3;1-6-3-7(2)10-8(5-11)12-13-9(10)4-6;1-5-3-6(2)8-7(4-5)14-12-9(8)10(11)13;1-5-3-6(2)8-7(4-5)14-11-9(8)10(12)13;1-6-3-7(2)10-8(5-12)11-13-9(10)4-6;1-5-3-6(2)8-7(4-5)13-10(12)9(8)11;1-6-3-7(2)5-8(9)4-6;3-1(5)2(4)6/h7-8,10-13,18H,5-6,9,14-15H2,1-4H3;5-6,8-9,11H,3-4,7,10H2,1-2H3,(H,16,19);4-5H,1-3H3;3-4H,5H2,1-2H3;3-4H,1-2H3,(H2,11,13);3-4H,1-2H3,(H,12,13);3-4,12H,5H2,1-2H3;3-4H,1-2H3;3-5,9H,1-2H3;. The Morgan fingerprint density at radius 2 is 0.812 bits per heavy atom. The van der Waals surface area contributed by atoms with Crippen molar-refractivity contribution in [2.45, 2.75) is 217 Å². The number of carbonyl (C=O) groups excluding carboxylic acids is 8. The number of ketones is 1. The molecule has 1 aliphatic heterocycles. The van der Waals surface area contributed by atoms with E-state index in [0.717, 1.165) is 171 Å². The first-order valence-electron chi connectivity index (χ1n) is 47.5. The number of carboxylic acid groups (broad SMARTS) is 1. The lowest BCUT2D eigenvalue weighted by Gasteiger charge is -2.17. The van der Waals surface area contributed by atoms with Crippen LogP contribution in [-0.4, -0.2) is 127 Å². The minimum atomic E-state index is -1.14. The van der Waals surface area contributed by atoms with E-state index in [4.69, 9.17) is 34.5 Å². The normalized spacial score (nSPS) is 11.6. The molecule has 1 aliphatic rings. The number of carbonyl (C=O) groups is 9. The quantitative estimate of drug-likeness (QED) is 0.0118. The van der Waals surface area contributed by atoms with Gasteiger partial charge in [-0.25, -0.2) is 19.2 Å². The Bertz CT molecular complexity index is 7900. The van der Waals surface area contributed by atoms with Gasteiger partial charge in [0.2, 0.25) is 5.78 Å². The molecule has 1 amide bonds. The second kappa shape index (κ2) is 55.0. The van der Waals surface area contributed by atoms with Gasteiger partial charge in [0.05, 0.1) is 114 Å². The molecular formula is C111H118BrCl2N11O16S8. The number of thioether (sulfide) groups is 1. The van der Waals surface area contributed by atoms with E-state index in [1.807, 2.05) is 159 Å². The van der Waals surface area contributed by atoms with Gasteiger partial charge in [0, 0.05) is 65.1 Å². The number of methoxy groups -OCH3 is 1. The number of hydrogen-bond acceptors (Lipinski definition) is 29. The average molecular weight is 2270 g/mol. The number of halogens is 3. The summed E-state index contributed by atoms with van der Waals surface area (Å²) >= 11 is 26.1. The SMILES string of the molecule is CCCC(CC(=O)OCC)n1c(=O)[nH]c2ccccc21.CCCC(CC(=O)OCC)n1c(=O)n(Cc2nsc3cc(C)cc(C)c23)c2ccccc21.COC(=O)c1nsc2cc(C)cc(C)c12.Cc1cc(C)c2c(C(=O)O)nsc2c1.Cc1cc(C)c2c(C(N)=O)nsc2c1.Cc1cc(C)c2c(CBr)nsc2c1.Cc1cc(C)c2c(CO)nsc2c1.Cc1cc(C)c2c(c1)SC(=O)C2=O.Cc1cc(C)cc(S)c1.O=C(Cl)C(=O)Cl. The van der Waals surface area contributed by atoms with Gasteiger partial charge in [0.1, 0.15) is 5.69 Å². The largest absolute Gasteiger partial charge is 0.476 e. The van der Waals surface area contributed by atoms with Gasteiger partial charge in [-0.2, -0.15) is 26.2 Å². The molecule has 8 aromatic heterocycles. The lowest BCUT2D eigenvalue weighted by Crippen LogP contribution is -2.29. The smallest absolute Gasteiger partial charge is 0.358 e. The molecule has 0 saturated carbocycles. The van der Waals surface area contributed by atoms with Gasteiger partial charge in [-0.05, 0) is 410 Å². The number of nitrogens with zero attached hydrogens (tertiary/aromatic N) is 9. The average Bonchev–Trinajstić information content (AvgIpc) is 1.60. The van der Waals surface area contributed by atoms with E-state index in [-0.39, 0.29) is 77.4 Å². The molecule has 0 radical (unpaired) electrons. The van der Waals surface area contributed by atoms with Crippen LogP contribution in [0.2, 0.25) is 0 Å². The number of Topliss-reactive ketones (excluding diaryl/α,β-unsaturated/α-hetero) is 1. The van der Waals surface area contributed by atoms with Crippen LogP contribution in [0.1, 0.15) is 226 Å². The Kier molecular flexibility index (Phi) is 43.8. The summed E-state index contributed by atoms with van der Waals surface area (Å²) in [4.78, 5) is 129. The van der Waals surface area contributed by atoms with Crippen molar-refractivity contribution in [3.63, 3.8) is 0 Å². The zero-order chi connectivity index (χ0) is 109. The summed E-state index contributed by atoms with van der Waals surface area (Å²) in [5.41, 5.74) is 31.4. The van der Waals surface area contributed by atoms with Crippen LogP contribution >= 0.6 is 133 Å². The van der Waals surface area contributed by atoms with E-state index >= 15 is 0 Å². The summed E-state index contributed by atoms with van der Waals surface area (Å²) in [5, 5.41) is 22.3. The van der Waals surface area contributed by atoms with Crippen molar-refractivity contribution in [1.29, 1.82) is 0 Å². The van der Waals surface area contributed by atoms with Gasteiger partial charge in [-0.1, -0.05) is 115 Å². The van der Waals surface area contributed by atoms with Gasteiger partial charge in [0.15, 0.2) is 11.4 Å². The number of hydrogen-bond donors (Lipinski definition) is 5. The van der Waals surface area contributed by atoms with E-state index in [0.29, 0.717) is 36.7 Å². The summed E-state index contributed by atoms with van der Waals surface area (Å²) in [7, 11) is 1.37. The van der Waals surface area contributed by atoms with Gasteiger partial charge in [0.25, 0.3) is 11.0 Å². The fourth-order valence-corrected chi connectivity index (χ4v) is 25.4. The van der Waals surface area contributed by atoms with E-state index in [2.05, 4.69) is 196 Å². The fourth-order valence-electron chi connectivity index (χ4n) is 17.7. The molecule has 5 N–H and O–H groups in total. The number of primary amides is 1. The number of aromatic nitrogens is 10. The number of benzene rings is 10. The third kappa shape index (κ3) is 30.6. The van der Waals surface area contributed by atoms with Gasteiger partial charge in [-0.3, -0.25) is 47.3 Å². The fraction of sp³-hybridized carbons (Fsp3) is 0.306. The number of aliphatic hydroxyl groups is 1. The number of amides is 1. The molecular weight excluding hydrogens is 2150 g/mol. The molecule has 27 nitrogen and oxygen atoms in total. The number of esters is 3. The van der Waals surface area contributed by atoms with Gasteiger partial charge < -0.3 is 35.1 Å². The molecule has 782 valence electrons. The molecule has 18 aromatic rings. The maximum atomic E-state index is 13.7. The number of nitrogens with one attached hydrogen (secondary N) is 1. The van der Waals surface area contributed by atoms with Crippen LogP contribution in [0.15, 0.2) is 171 Å². The van der Waals surface area contributed by atoms with Crippen LogP contribution < -0.4 is 17.1 Å². The Hall–Kier alpha value is -12.2. The number of ether oxygens (including phenoxy) is 3. The second-order valence-electron chi connectivity index (χ2n) is 35.7. The molecule has 0 fully saturated rings. The van der Waals surface area contributed by atoms with Crippen LogP contribution in [0.25, 0.3) is 82.6 Å². The van der Waals surface area contributed by atoms with Crippen molar-refractivity contribution in [2.75, 3.05) is 20.3 Å². The van der Waals surface area contributed by atoms with E-state index in [1.54, 1.807) is 39.1 Å². The topological polar surface area (TPSA) is 390 Å². The van der Waals surface area contributed by atoms with Crippen molar-refractivity contribution >= 4 is 266 Å². The first-order chi connectivity index (χ1) is 70.8. The van der Waals surface area contributed by atoms with Gasteiger partial charge in [-0.15, -0.1) is 12.6 Å². The van der Waals surface area contributed by atoms with Crippen molar-refractivity contribution in [3.05, 3.63) is 301 Å². The summed E-state index contributed by atoms with van der Waals surface area (Å²) in [6.07, 6.45) is 3.67. The maximum absolute atomic E-state index is 13.7. The highest BCUT2D eigenvalue weighted by atomic mass is 79.9. The monoisotopic (exact) mass is 2270 g/mol. The summed E-state index contributed by atoms with van der Waals surface area (Å²) in [6.45, 7) is 41.3. The number of aliphatic hydroxyl groups excluding tert-OH is 1. The molecule has 19 rings (SSSR count). The molecule has 2 unspecified atom stereocenters. The van der Waals surface area contributed by atoms with E-state index in [1.165, 1.54) is 135 Å². The third-order valence-corrected chi connectivity index (χ3v) is 30.4. The molecule has 0 aliphatic carbocycles. The van der Waals surface area contributed by atoms with Crippen LogP contribution in [0, 0.1) is 111 Å². The predicted octanol–water partition coefficient (Wildman–Crippen LogP) is 26.8. The molecule has 0 spiro atoms. The molecule has 149 heavy (non-hydrogen) atoms.